The minimum Gasteiger partial charge on any atom is -0.368 e. The number of nitrogens with one attached hydrogen (secondary N) is 1. The van der Waals surface area contributed by atoms with E-state index in [1.165, 1.54) is 89.9 Å². The Morgan fingerprint density at radius 3 is 1.94 bits per heavy atom. The van der Waals surface area contributed by atoms with E-state index < -0.39 is 18.3 Å². The fourth-order valence-electron chi connectivity index (χ4n) is 6.58. The number of aliphatic hydroxyl groups is 2. The number of hydrogen-bond acceptors (Lipinski definition) is 5. The maximum Gasteiger partial charge on any atom is 0.214 e. The molecule has 3 saturated carbocycles. The summed E-state index contributed by atoms with van der Waals surface area (Å²) in [5.74, 6) is 3.09. The van der Waals surface area contributed by atoms with Crippen molar-refractivity contribution in [2.75, 3.05) is 13.2 Å². The molecule has 0 saturated heterocycles. The van der Waals surface area contributed by atoms with Gasteiger partial charge in [0.15, 0.2) is 6.29 Å². The van der Waals surface area contributed by atoms with Gasteiger partial charge in [-0.2, -0.15) is 0 Å². The largest absolute Gasteiger partial charge is 0.368 e. The standard InChI is InChI=1S/C28H53NO4/c1-28(2,3)33-27(31)29-19-25(26(30)32-20-22-10-6-4-7-11-22)18-21-14-16-24(17-15-21)23-12-8-5-9-13-23/h21-27,29-31H,4-20H2,1-3H3. The van der Waals surface area contributed by atoms with Gasteiger partial charge in [0.1, 0.15) is 0 Å². The molecule has 0 radical (unpaired) electrons. The van der Waals surface area contributed by atoms with Gasteiger partial charge in [-0.05, 0) is 76.5 Å². The Morgan fingerprint density at radius 2 is 1.33 bits per heavy atom. The molecule has 5 heteroatoms. The predicted molar refractivity (Wildman–Crippen MR) is 134 cm³/mol. The summed E-state index contributed by atoms with van der Waals surface area (Å²) in [6, 6.07) is 0. The molecular formula is C28H53NO4. The fraction of sp³-hybridized carbons (Fsp3) is 1.00. The molecule has 3 atom stereocenters. The van der Waals surface area contributed by atoms with E-state index >= 15 is 0 Å². The second-order valence-corrected chi connectivity index (χ2v) is 12.4. The number of rotatable bonds is 11. The van der Waals surface area contributed by atoms with Crippen LogP contribution in [0.15, 0.2) is 0 Å². The van der Waals surface area contributed by atoms with Gasteiger partial charge in [-0.1, -0.05) is 64.2 Å². The molecular weight excluding hydrogens is 414 g/mol. The molecule has 3 unspecified atom stereocenters. The van der Waals surface area contributed by atoms with Gasteiger partial charge in [-0.15, -0.1) is 0 Å². The SMILES string of the molecule is CC(C)(C)OC(O)NCC(CC1CCC(C2CCCCC2)CC1)C(O)OCC1CCCCC1. The Morgan fingerprint density at radius 1 is 0.758 bits per heavy atom. The third-order valence-corrected chi connectivity index (χ3v) is 8.49. The molecule has 33 heavy (non-hydrogen) atoms. The molecule has 0 heterocycles. The normalized spacial score (nSPS) is 29.0. The van der Waals surface area contributed by atoms with E-state index in [-0.39, 0.29) is 5.92 Å². The van der Waals surface area contributed by atoms with Crippen molar-refractivity contribution >= 4 is 0 Å². The highest BCUT2D eigenvalue weighted by molar-refractivity contribution is 4.82. The number of ether oxygens (including phenoxy) is 2. The fourth-order valence-corrected chi connectivity index (χ4v) is 6.58. The Kier molecular flexibility index (Phi) is 11.4. The lowest BCUT2D eigenvalue weighted by molar-refractivity contribution is -0.190. The summed E-state index contributed by atoms with van der Waals surface area (Å²) in [5, 5.41) is 24.4. The van der Waals surface area contributed by atoms with Crippen molar-refractivity contribution in [3.8, 4) is 0 Å². The van der Waals surface area contributed by atoms with E-state index in [1.54, 1.807) is 0 Å². The molecule has 0 aromatic rings. The Bertz CT molecular complexity index is 516. The highest BCUT2D eigenvalue weighted by Gasteiger charge is 2.32. The van der Waals surface area contributed by atoms with Crippen LogP contribution in [0.4, 0.5) is 0 Å². The Labute approximate surface area is 203 Å². The maximum atomic E-state index is 11.0. The van der Waals surface area contributed by atoms with Gasteiger partial charge in [-0.25, -0.2) is 0 Å². The average Bonchev–Trinajstić information content (AvgIpc) is 2.81. The molecule has 0 aromatic heterocycles. The van der Waals surface area contributed by atoms with Crippen LogP contribution in [0.5, 0.6) is 0 Å². The van der Waals surface area contributed by atoms with Gasteiger partial charge in [0.05, 0.1) is 12.2 Å². The summed E-state index contributed by atoms with van der Waals surface area (Å²) >= 11 is 0. The second kappa shape index (κ2) is 13.8. The van der Waals surface area contributed by atoms with Crippen molar-refractivity contribution in [3.05, 3.63) is 0 Å². The van der Waals surface area contributed by atoms with Gasteiger partial charge < -0.3 is 19.7 Å². The first-order valence-electron chi connectivity index (χ1n) is 14.2. The van der Waals surface area contributed by atoms with Gasteiger partial charge in [0.2, 0.25) is 6.41 Å². The van der Waals surface area contributed by atoms with Gasteiger partial charge >= 0.3 is 0 Å². The van der Waals surface area contributed by atoms with E-state index in [4.69, 9.17) is 9.47 Å². The zero-order valence-electron chi connectivity index (χ0n) is 21.8. The van der Waals surface area contributed by atoms with Crippen molar-refractivity contribution in [2.45, 2.75) is 135 Å². The number of aliphatic hydroxyl groups excluding tert-OH is 2. The molecule has 0 amide bonds. The molecule has 3 N–H and O–H groups in total. The highest BCUT2D eigenvalue weighted by atomic mass is 16.6. The molecule has 3 aliphatic carbocycles. The zero-order valence-corrected chi connectivity index (χ0v) is 21.8. The first kappa shape index (κ1) is 27.4. The van der Waals surface area contributed by atoms with Crippen LogP contribution in [0.25, 0.3) is 0 Å². The topological polar surface area (TPSA) is 71.0 Å². The summed E-state index contributed by atoms with van der Waals surface area (Å²) < 4.78 is 11.6. The van der Waals surface area contributed by atoms with Crippen molar-refractivity contribution < 1.29 is 19.7 Å². The van der Waals surface area contributed by atoms with Crippen LogP contribution in [0.1, 0.15) is 117 Å². The zero-order chi connectivity index (χ0) is 23.7. The molecule has 3 rings (SSSR count). The van der Waals surface area contributed by atoms with Crippen LogP contribution in [-0.2, 0) is 9.47 Å². The summed E-state index contributed by atoms with van der Waals surface area (Å²) in [6.45, 7) is 6.96. The maximum absolute atomic E-state index is 11.0. The molecule has 3 aliphatic rings. The minimum absolute atomic E-state index is 0.0250. The highest BCUT2D eigenvalue weighted by Crippen LogP contribution is 2.41. The average molecular weight is 468 g/mol. The van der Waals surface area contributed by atoms with Crippen molar-refractivity contribution in [3.63, 3.8) is 0 Å². The monoisotopic (exact) mass is 467 g/mol. The van der Waals surface area contributed by atoms with Gasteiger partial charge in [-0.3, -0.25) is 5.32 Å². The summed E-state index contributed by atoms with van der Waals surface area (Å²) in [6.07, 6.45) is 17.9. The first-order valence-corrected chi connectivity index (χ1v) is 14.2. The third kappa shape index (κ3) is 10.1. The van der Waals surface area contributed by atoms with E-state index in [0.29, 0.717) is 25.0 Å². The summed E-state index contributed by atoms with van der Waals surface area (Å²) in [7, 11) is 0. The van der Waals surface area contributed by atoms with Gasteiger partial charge in [0, 0.05) is 12.5 Å². The summed E-state index contributed by atoms with van der Waals surface area (Å²) in [5.41, 5.74) is -0.421. The summed E-state index contributed by atoms with van der Waals surface area (Å²) in [4.78, 5) is 0. The molecule has 194 valence electrons. The van der Waals surface area contributed by atoms with Gasteiger partial charge in [0.25, 0.3) is 0 Å². The minimum atomic E-state index is -1.03. The van der Waals surface area contributed by atoms with Crippen molar-refractivity contribution in [1.29, 1.82) is 0 Å². The molecule has 5 nitrogen and oxygen atoms in total. The quantitative estimate of drug-likeness (QED) is 0.326. The number of hydrogen-bond donors (Lipinski definition) is 3. The predicted octanol–water partition coefficient (Wildman–Crippen LogP) is 5.98. The van der Waals surface area contributed by atoms with E-state index in [1.807, 2.05) is 20.8 Å². The smallest absolute Gasteiger partial charge is 0.214 e. The molecule has 0 aliphatic heterocycles. The third-order valence-electron chi connectivity index (χ3n) is 8.49. The van der Waals surface area contributed by atoms with Crippen LogP contribution in [-0.4, -0.2) is 41.7 Å². The molecule has 0 bridgehead atoms. The molecule has 0 spiro atoms. The Balaban J connectivity index is 1.48. The van der Waals surface area contributed by atoms with Crippen LogP contribution in [0, 0.1) is 29.6 Å². The molecule has 0 aromatic carbocycles. The second-order valence-electron chi connectivity index (χ2n) is 12.4. The molecule has 3 fully saturated rings. The van der Waals surface area contributed by atoms with Crippen molar-refractivity contribution in [1.82, 2.24) is 5.32 Å². The van der Waals surface area contributed by atoms with E-state index in [0.717, 1.165) is 18.3 Å². The Hall–Kier alpha value is -0.200. The first-order chi connectivity index (χ1) is 15.8. The van der Waals surface area contributed by atoms with E-state index in [2.05, 4.69) is 5.32 Å². The van der Waals surface area contributed by atoms with Crippen LogP contribution < -0.4 is 5.32 Å². The van der Waals surface area contributed by atoms with Crippen LogP contribution in [0.2, 0.25) is 0 Å². The lowest BCUT2D eigenvalue weighted by atomic mass is 9.69. The van der Waals surface area contributed by atoms with Crippen LogP contribution >= 0.6 is 0 Å². The van der Waals surface area contributed by atoms with E-state index in [9.17, 15) is 10.2 Å². The van der Waals surface area contributed by atoms with Crippen LogP contribution in [0.3, 0.4) is 0 Å². The lowest BCUT2D eigenvalue weighted by Gasteiger charge is -2.37. The lowest BCUT2D eigenvalue weighted by Crippen LogP contribution is -2.43. The van der Waals surface area contributed by atoms with Crippen molar-refractivity contribution in [2.24, 2.45) is 29.6 Å².